The van der Waals surface area contributed by atoms with Crippen LogP contribution in [0.5, 0.6) is 17.2 Å². The third-order valence-corrected chi connectivity index (χ3v) is 11.0. The van der Waals surface area contributed by atoms with E-state index in [1.165, 1.54) is 94.2 Å². The maximum atomic E-state index is 14.3. The topological polar surface area (TPSA) is 195 Å². The zero-order valence-corrected chi connectivity index (χ0v) is 36.4. The highest BCUT2D eigenvalue weighted by atomic mass is 16.3. The standard InChI is InChI=1S/C49H68N6O7/c1-2-3-4-5-6-7-8-9-10-11-12-13-14-16-46(59)52-44(34-38-19-25-41(57)26-20-38)48(61)54-45(35-39-21-27-42(58)28-22-39)49(62)53-43(33-37-17-23-40(56)24-18-37)47(60)51-29-15-31-55-32-30-50-36-55/h17-28,30,32,36,43-45,56-58H,2-16,29,31,33-35H2,1H3,(H,51,60)(H,52,59)(H,53,62)(H,54,61)/t43-,44-,45-/m0/s1. The van der Waals surface area contributed by atoms with Gasteiger partial charge in [0.05, 0.1) is 6.33 Å². The van der Waals surface area contributed by atoms with E-state index in [0.717, 1.165) is 19.3 Å². The van der Waals surface area contributed by atoms with Gasteiger partial charge in [-0.2, -0.15) is 0 Å². The second-order valence-corrected chi connectivity index (χ2v) is 16.3. The van der Waals surface area contributed by atoms with E-state index in [0.29, 0.717) is 42.6 Å². The Bertz CT molecular complexity index is 1890. The molecule has 62 heavy (non-hydrogen) atoms. The van der Waals surface area contributed by atoms with Crippen LogP contribution in [0.1, 0.15) is 120 Å². The number of aryl methyl sites for hydroxylation is 1. The lowest BCUT2D eigenvalue weighted by Gasteiger charge is -2.26. The van der Waals surface area contributed by atoms with Gasteiger partial charge in [0.15, 0.2) is 0 Å². The first-order valence-corrected chi connectivity index (χ1v) is 22.6. The lowest BCUT2D eigenvalue weighted by Crippen LogP contribution is -2.58. The molecule has 0 bridgehead atoms. The van der Waals surface area contributed by atoms with Crippen molar-refractivity contribution in [3.63, 3.8) is 0 Å². The van der Waals surface area contributed by atoms with Crippen molar-refractivity contribution in [2.45, 2.75) is 147 Å². The molecule has 0 unspecified atom stereocenters. The van der Waals surface area contributed by atoms with Crippen LogP contribution in [-0.2, 0) is 45.0 Å². The number of nitrogens with zero attached hydrogens (tertiary/aromatic N) is 2. The molecule has 0 aliphatic carbocycles. The number of aromatic nitrogens is 2. The average molecular weight is 853 g/mol. The van der Waals surface area contributed by atoms with Gasteiger partial charge >= 0.3 is 0 Å². The van der Waals surface area contributed by atoms with Gasteiger partial charge in [0.2, 0.25) is 23.6 Å². The Morgan fingerprint density at radius 1 is 0.532 bits per heavy atom. The van der Waals surface area contributed by atoms with Crippen LogP contribution in [0, 0.1) is 0 Å². The van der Waals surface area contributed by atoms with E-state index in [4.69, 9.17) is 0 Å². The molecule has 0 aliphatic heterocycles. The van der Waals surface area contributed by atoms with Crippen LogP contribution in [0.3, 0.4) is 0 Å². The number of aromatic hydroxyl groups is 3. The highest BCUT2D eigenvalue weighted by molar-refractivity contribution is 5.94. The molecule has 3 atom stereocenters. The lowest BCUT2D eigenvalue weighted by molar-refractivity contribution is -0.133. The summed E-state index contributed by atoms with van der Waals surface area (Å²) in [5, 5.41) is 41.3. The molecule has 13 heteroatoms. The largest absolute Gasteiger partial charge is 0.508 e. The maximum absolute atomic E-state index is 14.3. The maximum Gasteiger partial charge on any atom is 0.243 e. The summed E-state index contributed by atoms with van der Waals surface area (Å²) in [6.07, 6.45) is 21.7. The van der Waals surface area contributed by atoms with Crippen LogP contribution < -0.4 is 21.3 Å². The zero-order valence-electron chi connectivity index (χ0n) is 36.4. The van der Waals surface area contributed by atoms with E-state index >= 15 is 0 Å². The molecule has 0 saturated carbocycles. The third-order valence-electron chi connectivity index (χ3n) is 11.0. The number of hydrogen-bond acceptors (Lipinski definition) is 8. The summed E-state index contributed by atoms with van der Waals surface area (Å²) in [7, 11) is 0. The summed E-state index contributed by atoms with van der Waals surface area (Å²) in [5.74, 6) is -1.73. The van der Waals surface area contributed by atoms with Crippen molar-refractivity contribution < 1.29 is 34.5 Å². The fourth-order valence-corrected chi connectivity index (χ4v) is 7.36. The molecule has 0 fully saturated rings. The molecular formula is C49H68N6O7. The van der Waals surface area contributed by atoms with E-state index in [-0.39, 0.29) is 48.8 Å². The Hall–Kier alpha value is -5.85. The second kappa shape index (κ2) is 27.9. The molecule has 0 spiro atoms. The van der Waals surface area contributed by atoms with Crippen molar-refractivity contribution in [2.75, 3.05) is 6.54 Å². The van der Waals surface area contributed by atoms with E-state index in [1.54, 1.807) is 48.9 Å². The van der Waals surface area contributed by atoms with E-state index < -0.39 is 35.8 Å². The quantitative estimate of drug-likeness (QED) is 0.0268. The Labute approximate surface area is 367 Å². The summed E-state index contributed by atoms with van der Waals surface area (Å²) in [4.78, 5) is 59.5. The summed E-state index contributed by atoms with van der Waals surface area (Å²) >= 11 is 0. The van der Waals surface area contributed by atoms with Crippen molar-refractivity contribution in [1.82, 2.24) is 30.8 Å². The molecule has 13 nitrogen and oxygen atoms in total. The first kappa shape index (κ1) is 48.8. The Balaban J connectivity index is 1.41. The van der Waals surface area contributed by atoms with Gasteiger partial charge in [-0.05, 0) is 65.9 Å². The van der Waals surface area contributed by atoms with Crippen LogP contribution in [0.15, 0.2) is 91.5 Å². The molecule has 1 heterocycles. The number of hydrogen-bond donors (Lipinski definition) is 7. The van der Waals surface area contributed by atoms with Crippen LogP contribution in [0.2, 0.25) is 0 Å². The number of benzene rings is 3. The predicted octanol–water partition coefficient (Wildman–Crippen LogP) is 7.17. The lowest BCUT2D eigenvalue weighted by atomic mass is 10.0. The third kappa shape index (κ3) is 19.2. The highest BCUT2D eigenvalue weighted by Gasteiger charge is 2.30. The van der Waals surface area contributed by atoms with Gasteiger partial charge in [0.1, 0.15) is 35.4 Å². The molecule has 0 saturated heterocycles. The predicted molar refractivity (Wildman–Crippen MR) is 241 cm³/mol. The number of nitrogens with one attached hydrogen (secondary N) is 4. The minimum Gasteiger partial charge on any atom is -0.508 e. The van der Waals surface area contributed by atoms with Gasteiger partial charge in [0.25, 0.3) is 0 Å². The molecule has 4 aromatic rings. The van der Waals surface area contributed by atoms with Crippen molar-refractivity contribution in [3.8, 4) is 17.2 Å². The van der Waals surface area contributed by atoms with Crippen molar-refractivity contribution >= 4 is 23.6 Å². The van der Waals surface area contributed by atoms with Gasteiger partial charge < -0.3 is 41.2 Å². The van der Waals surface area contributed by atoms with E-state index in [9.17, 15) is 34.5 Å². The summed E-state index contributed by atoms with van der Waals surface area (Å²) in [6, 6.07) is 15.7. The van der Waals surface area contributed by atoms with Gasteiger partial charge in [-0.25, -0.2) is 4.98 Å². The molecule has 0 radical (unpaired) electrons. The van der Waals surface area contributed by atoms with Crippen LogP contribution >= 0.6 is 0 Å². The van der Waals surface area contributed by atoms with Crippen molar-refractivity contribution in [2.24, 2.45) is 0 Å². The minimum atomic E-state index is -1.18. The fourth-order valence-electron chi connectivity index (χ4n) is 7.36. The fraction of sp³-hybridized carbons (Fsp3) is 0.490. The summed E-state index contributed by atoms with van der Waals surface area (Å²) in [6.45, 7) is 3.21. The second-order valence-electron chi connectivity index (χ2n) is 16.3. The first-order valence-electron chi connectivity index (χ1n) is 22.6. The van der Waals surface area contributed by atoms with Gasteiger partial charge in [-0.15, -0.1) is 0 Å². The van der Waals surface area contributed by atoms with Crippen molar-refractivity contribution in [3.05, 3.63) is 108 Å². The summed E-state index contributed by atoms with van der Waals surface area (Å²) in [5.41, 5.74) is 2.03. The number of amides is 4. The number of carbonyl (C=O) groups is 4. The van der Waals surface area contributed by atoms with Gasteiger partial charge in [-0.1, -0.05) is 120 Å². The number of unbranched alkanes of at least 4 members (excludes halogenated alkanes) is 12. The number of phenolic OH excluding ortho intramolecular Hbond substituents is 3. The molecule has 4 amide bonds. The van der Waals surface area contributed by atoms with Crippen LogP contribution in [0.25, 0.3) is 0 Å². The highest BCUT2D eigenvalue weighted by Crippen LogP contribution is 2.17. The average Bonchev–Trinajstić information content (AvgIpc) is 3.79. The van der Waals surface area contributed by atoms with E-state index in [1.807, 2.05) is 10.8 Å². The Morgan fingerprint density at radius 2 is 0.935 bits per heavy atom. The molecule has 336 valence electrons. The molecule has 4 rings (SSSR count). The first-order chi connectivity index (χ1) is 30.1. The van der Waals surface area contributed by atoms with Gasteiger partial charge in [0, 0.05) is 51.2 Å². The molecule has 0 aliphatic rings. The monoisotopic (exact) mass is 853 g/mol. The zero-order chi connectivity index (χ0) is 44.4. The molecule has 7 N–H and O–H groups in total. The number of carbonyl (C=O) groups excluding carboxylic acids is 4. The SMILES string of the molecule is CCCCCCCCCCCCCCCC(=O)N[C@@H](Cc1ccc(O)cc1)C(=O)N[C@@H](Cc1ccc(O)cc1)C(=O)N[C@@H](Cc1ccc(O)cc1)C(=O)NCCCn1ccnc1. The van der Waals surface area contributed by atoms with Crippen LogP contribution in [-0.4, -0.2) is 73.2 Å². The van der Waals surface area contributed by atoms with Crippen molar-refractivity contribution in [1.29, 1.82) is 0 Å². The smallest absolute Gasteiger partial charge is 0.243 e. The summed E-state index contributed by atoms with van der Waals surface area (Å²) < 4.78 is 1.90. The number of imidazole rings is 1. The molecular weight excluding hydrogens is 785 g/mol. The molecule has 3 aromatic carbocycles. The number of rotatable bonds is 30. The Morgan fingerprint density at radius 3 is 1.35 bits per heavy atom. The number of phenols is 3. The minimum absolute atomic E-state index is 0.0230. The normalized spacial score (nSPS) is 12.5. The van der Waals surface area contributed by atoms with Crippen LogP contribution in [0.4, 0.5) is 0 Å². The Kier molecular flexibility index (Phi) is 22.0. The van der Waals surface area contributed by atoms with E-state index in [2.05, 4.69) is 33.2 Å². The van der Waals surface area contributed by atoms with Gasteiger partial charge in [-0.3, -0.25) is 19.2 Å². The molecule has 1 aromatic heterocycles.